The Morgan fingerprint density at radius 1 is 0.216 bits per heavy atom. The molecule has 0 aliphatic rings. The van der Waals surface area contributed by atoms with Crippen molar-refractivity contribution >= 4 is 141 Å². The van der Waals surface area contributed by atoms with E-state index in [1.807, 2.05) is 11.3 Å². The van der Waals surface area contributed by atoms with Gasteiger partial charge in [-0.2, -0.15) is 29.9 Å². The average Bonchev–Trinajstić information content (AvgIpc) is 1.57. The van der Waals surface area contributed by atoms with Crippen molar-refractivity contribution in [2.24, 2.45) is 0 Å². The number of thiophene rings is 1. The third-order valence-electron chi connectivity index (χ3n) is 20.5. The number of para-hydroxylation sites is 7. The highest BCUT2D eigenvalue weighted by Crippen LogP contribution is 2.44. The Kier molecular flexibility index (Phi) is 12.1. The minimum Gasteiger partial charge on any atom is -0.456 e. The van der Waals surface area contributed by atoms with Gasteiger partial charge in [0.05, 0.1) is 44.1 Å². The minimum absolute atomic E-state index is 0.507. The Bertz CT molecular complexity index is 7020. The molecule has 102 heavy (non-hydrogen) atoms. The highest BCUT2D eigenvalue weighted by atomic mass is 32.1. The summed E-state index contributed by atoms with van der Waals surface area (Å²) in [6, 6.07) is 112. The molecule has 0 aliphatic carbocycles. The van der Waals surface area contributed by atoms with Gasteiger partial charge in [0.15, 0.2) is 11.6 Å². The van der Waals surface area contributed by atoms with E-state index in [4.69, 9.17) is 34.3 Å². The molecule has 474 valence electrons. The van der Waals surface area contributed by atoms with Gasteiger partial charge in [-0.15, -0.1) is 11.3 Å². The number of furan rings is 1. The van der Waals surface area contributed by atoms with Gasteiger partial charge in [0.25, 0.3) is 0 Å². The lowest BCUT2D eigenvalue weighted by Crippen LogP contribution is -2.10. The van der Waals surface area contributed by atoms with Crippen LogP contribution in [0.3, 0.4) is 0 Å². The summed E-state index contributed by atoms with van der Waals surface area (Å²) in [6.45, 7) is 0. The zero-order valence-electron chi connectivity index (χ0n) is 54.3. The third-order valence-corrected chi connectivity index (χ3v) is 21.7. The summed E-state index contributed by atoms with van der Waals surface area (Å²) in [7, 11) is 0. The first kappa shape index (κ1) is 56.3. The van der Waals surface area contributed by atoms with Crippen molar-refractivity contribution in [1.82, 2.24) is 48.2 Å². The summed E-state index contributed by atoms with van der Waals surface area (Å²) < 4.78 is 18.1. The van der Waals surface area contributed by atoms with Crippen LogP contribution in [0.1, 0.15) is 0 Å². The number of fused-ring (bicyclic) bond motifs is 18. The first-order chi connectivity index (χ1) is 50.5. The number of nitrogens with zero attached hydrogens (tertiary/aromatic N) is 10. The molecule has 0 amide bonds. The maximum atomic E-state index is 6.86. The van der Waals surface area contributed by atoms with Crippen LogP contribution in [0.5, 0.6) is 0 Å². The second kappa shape index (κ2) is 21.9. The smallest absolute Gasteiger partial charge is 0.240 e. The topological polar surface area (TPSA) is 110 Å². The summed E-state index contributed by atoms with van der Waals surface area (Å²) in [4.78, 5) is 32.7. The van der Waals surface area contributed by atoms with E-state index in [0.717, 1.165) is 154 Å². The fourth-order valence-corrected chi connectivity index (χ4v) is 17.0. The molecule has 0 bridgehead atoms. The highest BCUT2D eigenvalue weighted by Gasteiger charge is 2.25. The zero-order chi connectivity index (χ0) is 66.7. The number of hydrogen-bond acceptors (Lipinski definition) is 8. The molecule has 11 nitrogen and oxygen atoms in total. The molecule has 8 heterocycles. The molecule has 0 aliphatic heterocycles. The summed E-state index contributed by atoms with van der Waals surface area (Å²) >= 11 is 1.83. The highest BCUT2D eigenvalue weighted by molar-refractivity contribution is 7.25. The molecule has 0 spiro atoms. The van der Waals surface area contributed by atoms with Gasteiger partial charge in [-0.1, -0.05) is 212 Å². The number of aromatic nitrogens is 10. The Morgan fingerprint density at radius 2 is 0.578 bits per heavy atom. The fourth-order valence-electron chi connectivity index (χ4n) is 16.0. The van der Waals surface area contributed by atoms with E-state index >= 15 is 0 Å². The van der Waals surface area contributed by atoms with Crippen molar-refractivity contribution < 1.29 is 4.42 Å². The van der Waals surface area contributed by atoms with Crippen molar-refractivity contribution in [3.05, 3.63) is 315 Å². The maximum absolute atomic E-state index is 6.86. The number of hydrogen-bond donors (Lipinski definition) is 0. The molecule has 0 saturated carbocycles. The van der Waals surface area contributed by atoms with Crippen molar-refractivity contribution in [2.75, 3.05) is 0 Å². The summed E-state index contributed by atoms with van der Waals surface area (Å²) in [6.07, 6.45) is 0. The summed E-state index contributed by atoms with van der Waals surface area (Å²) in [5.74, 6) is 3.21. The Labute approximate surface area is 585 Å². The van der Waals surface area contributed by atoms with Gasteiger partial charge in [-0.3, -0.25) is 18.3 Å². The van der Waals surface area contributed by atoms with Gasteiger partial charge in [0.1, 0.15) is 11.2 Å². The molecule has 22 aromatic rings. The molecule has 22 rings (SSSR count). The Balaban J connectivity index is 0.664. The normalized spacial score (nSPS) is 12.1. The van der Waals surface area contributed by atoms with Gasteiger partial charge >= 0.3 is 0 Å². The molecule has 0 N–H and O–H groups in total. The number of benzene rings is 14. The molecular weight excluding hydrogens is 1270 g/mol. The summed E-state index contributed by atoms with van der Waals surface area (Å²) in [5, 5.41) is 13.5. The van der Waals surface area contributed by atoms with Crippen molar-refractivity contribution in [3.8, 4) is 79.9 Å². The first-order valence-electron chi connectivity index (χ1n) is 34.2. The Hall–Kier alpha value is -13.7. The fraction of sp³-hybridized carbons (Fsp3) is 0. The second-order valence-corrected chi connectivity index (χ2v) is 27.3. The molecule has 8 aromatic heterocycles. The quantitative estimate of drug-likeness (QED) is 0.142. The SMILES string of the molecule is c1cc(-c2ccc3oc4cc(-c5cccc6c5c5ccccc5n6-c5nc(-c6cccc(-c7ccc8sc9ccccc9c8c7)c6)nc(-n6c7ccccc7c7ccccc76)n5)ccc4c3c2)cc(-c2nc(-n3c4ccccc4c4ccccc43)nc(-n3c4ccccc4c4ccccc43)n2)c1. The van der Waals surface area contributed by atoms with E-state index < -0.39 is 0 Å². The van der Waals surface area contributed by atoms with E-state index in [-0.39, 0.29) is 0 Å². The lowest BCUT2D eigenvalue weighted by molar-refractivity contribution is 0.669. The lowest BCUT2D eigenvalue weighted by Gasteiger charge is -2.13. The van der Waals surface area contributed by atoms with Gasteiger partial charge in [0.2, 0.25) is 23.8 Å². The monoisotopic (exact) mass is 1320 g/mol. The van der Waals surface area contributed by atoms with Gasteiger partial charge in [-0.05, 0) is 137 Å². The average molecular weight is 1320 g/mol. The third kappa shape index (κ3) is 8.54. The van der Waals surface area contributed by atoms with Gasteiger partial charge in [-0.25, -0.2) is 0 Å². The predicted octanol–water partition coefficient (Wildman–Crippen LogP) is 23.0. The van der Waals surface area contributed by atoms with E-state index in [9.17, 15) is 0 Å². The molecule has 12 heteroatoms. The Morgan fingerprint density at radius 3 is 1.08 bits per heavy atom. The molecule has 0 atom stereocenters. The van der Waals surface area contributed by atoms with Crippen LogP contribution in [-0.4, -0.2) is 48.2 Å². The second-order valence-electron chi connectivity index (χ2n) is 26.2. The van der Waals surface area contributed by atoms with Crippen LogP contribution < -0.4 is 0 Å². The maximum Gasteiger partial charge on any atom is 0.240 e. The van der Waals surface area contributed by atoms with Crippen LogP contribution >= 0.6 is 11.3 Å². The minimum atomic E-state index is 0.507. The molecule has 14 aromatic carbocycles. The van der Waals surface area contributed by atoms with E-state index in [2.05, 4.69) is 334 Å². The first-order valence-corrected chi connectivity index (χ1v) is 35.0. The molecule has 0 fully saturated rings. The molecule has 0 radical (unpaired) electrons. The van der Waals surface area contributed by atoms with Crippen LogP contribution in [0.25, 0.3) is 209 Å². The van der Waals surface area contributed by atoms with Crippen molar-refractivity contribution in [3.63, 3.8) is 0 Å². The zero-order valence-corrected chi connectivity index (χ0v) is 55.1. The lowest BCUT2D eigenvalue weighted by atomic mass is 9.97. The van der Waals surface area contributed by atoms with Gasteiger partial charge in [0, 0.05) is 85.2 Å². The van der Waals surface area contributed by atoms with Crippen LogP contribution in [0.4, 0.5) is 0 Å². The van der Waals surface area contributed by atoms with E-state index in [0.29, 0.717) is 35.4 Å². The van der Waals surface area contributed by atoms with E-state index in [1.165, 1.54) is 20.2 Å². The van der Waals surface area contributed by atoms with E-state index in [1.54, 1.807) is 0 Å². The van der Waals surface area contributed by atoms with Gasteiger partial charge < -0.3 is 4.42 Å². The molecule has 0 unspecified atom stereocenters. The van der Waals surface area contributed by atoms with Crippen LogP contribution in [-0.2, 0) is 0 Å². The van der Waals surface area contributed by atoms with Crippen molar-refractivity contribution in [2.45, 2.75) is 0 Å². The standard InChI is InChI=1S/C90H52N10OS/c1-9-33-72-61(24-1)62-25-2-10-34-73(62)97(72)87-91-85(92-88(95-87)98-74-35-11-3-26-63(74)64-27-4-12-36-75(64)98)58-22-17-20-53(48-58)55-43-46-80-70(50-55)67-45-42-57(52-81(67)101-80)60-32-19-40-79-84(60)69-31-7-15-39-78(69)100(79)90-94-86(93-89(96-90)99-76-37-13-5-28-65(76)66-29-6-14-38-77(66)99)59-23-18-21-54(49-59)56-44-47-83-71(51-56)68-30-8-16-41-82(68)102-83/h1-52H. The predicted molar refractivity (Wildman–Crippen MR) is 418 cm³/mol. The molecule has 0 saturated heterocycles. The summed E-state index contributed by atoms with van der Waals surface area (Å²) in [5.41, 5.74) is 17.7. The van der Waals surface area contributed by atoms with Crippen LogP contribution in [0, 0.1) is 0 Å². The molecular formula is C90H52N10OS. The number of rotatable bonds is 9. The van der Waals surface area contributed by atoms with Crippen LogP contribution in [0.15, 0.2) is 320 Å². The van der Waals surface area contributed by atoms with Crippen molar-refractivity contribution in [1.29, 1.82) is 0 Å². The van der Waals surface area contributed by atoms with Crippen LogP contribution in [0.2, 0.25) is 0 Å². The largest absolute Gasteiger partial charge is 0.456 e.